The average Bonchev–Trinajstić information content (AvgIpc) is 2.80. The third kappa shape index (κ3) is 6.27. The van der Waals surface area contributed by atoms with Crippen LogP contribution < -0.4 is 16.0 Å². The van der Waals surface area contributed by atoms with Crippen LogP contribution in [0.3, 0.4) is 0 Å². The summed E-state index contributed by atoms with van der Waals surface area (Å²) in [6.07, 6.45) is 0. The van der Waals surface area contributed by atoms with Gasteiger partial charge in [0.1, 0.15) is 0 Å². The number of carbonyl (C=O) groups excluding carboxylic acids is 2. The van der Waals surface area contributed by atoms with Gasteiger partial charge in [-0.15, -0.1) is 0 Å². The fourth-order valence-corrected chi connectivity index (χ4v) is 4.25. The Morgan fingerprint density at radius 1 is 0.857 bits per heavy atom. The van der Waals surface area contributed by atoms with Crippen LogP contribution in [0, 0.1) is 6.92 Å². The zero-order valence-corrected chi connectivity index (χ0v) is 21.5. The van der Waals surface area contributed by atoms with Crippen LogP contribution in [0.5, 0.6) is 0 Å². The highest BCUT2D eigenvalue weighted by Crippen LogP contribution is 2.40. The molecule has 0 unspecified atom stereocenters. The predicted molar refractivity (Wildman–Crippen MR) is 142 cm³/mol. The van der Waals surface area contributed by atoms with Gasteiger partial charge in [-0.1, -0.05) is 29.8 Å². The smallest absolute Gasteiger partial charge is 0.336 e. The van der Waals surface area contributed by atoms with E-state index in [-0.39, 0.29) is 13.2 Å². The minimum absolute atomic E-state index is 0.223. The van der Waals surface area contributed by atoms with Gasteiger partial charge in [0.15, 0.2) is 5.11 Å². The Balaban J connectivity index is 1.96. The molecule has 1 aliphatic rings. The lowest BCUT2D eigenvalue weighted by Crippen LogP contribution is -2.32. The molecule has 7 nitrogen and oxygen atoms in total. The molecule has 184 valence electrons. The topological polar surface area (TPSA) is 88.7 Å². The molecule has 3 rings (SSSR count). The first-order valence-electron chi connectivity index (χ1n) is 11.5. The molecule has 8 heteroatoms. The summed E-state index contributed by atoms with van der Waals surface area (Å²) >= 11 is 5.49. The van der Waals surface area contributed by atoms with Gasteiger partial charge >= 0.3 is 11.9 Å². The van der Waals surface area contributed by atoms with Crippen molar-refractivity contribution in [2.45, 2.75) is 40.5 Å². The fourth-order valence-electron chi connectivity index (χ4n) is 4.01. The maximum Gasteiger partial charge on any atom is 0.336 e. The molecule has 2 aromatic rings. The number of esters is 2. The van der Waals surface area contributed by atoms with Gasteiger partial charge in [-0.2, -0.15) is 0 Å². The number of thiocarbonyl (C=S) groups is 1. The Kier molecular flexibility index (Phi) is 8.65. The molecule has 0 atom stereocenters. The lowest BCUT2D eigenvalue weighted by Gasteiger charge is -2.30. The van der Waals surface area contributed by atoms with Crippen molar-refractivity contribution in [1.82, 2.24) is 5.32 Å². The van der Waals surface area contributed by atoms with Gasteiger partial charge in [0.25, 0.3) is 0 Å². The van der Waals surface area contributed by atoms with Crippen LogP contribution in [0.1, 0.15) is 44.7 Å². The first-order chi connectivity index (χ1) is 16.7. The SMILES string of the molecule is CCOC(=O)C1=C(C)NC(C)=C(C(=O)OCC)C1c1cccc(NC(=S)Nc2ccc(C)cc2)c1. The lowest BCUT2D eigenvalue weighted by molar-refractivity contribution is -0.139. The maximum absolute atomic E-state index is 13.0. The molecule has 0 fully saturated rings. The zero-order chi connectivity index (χ0) is 25.5. The van der Waals surface area contributed by atoms with E-state index in [1.54, 1.807) is 27.7 Å². The second-order valence-electron chi connectivity index (χ2n) is 8.15. The van der Waals surface area contributed by atoms with E-state index < -0.39 is 17.9 Å². The Morgan fingerprint density at radius 3 is 1.94 bits per heavy atom. The number of allylic oxidation sites excluding steroid dienone is 2. The first-order valence-corrected chi connectivity index (χ1v) is 11.9. The second-order valence-corrected chi connectivity index (χ2v) is 8.56. The van der Waals surface area contributed by atoms with E-state index in [1.165, 1.54) is 0 Å². The Hall–Kier alpha value is -3.65. The number of hydrogen-bond donors (Lipinski definition) is 3. The van der Waals surface area contributed by atoms with E-state index in [0.717, 1.165) is 16.8 Å². The van der Waals surface area contributed by atoms with Gasteiger partial charge in [-0.3, -0.25) is 0 Å². The van der Waals surface area contributed by atoms with Crippen molar-refractivity contribution in [2.24, 2.45) is 0 Å². The number of aryl methyl sites for hydroxylation is 1. The largest absolute Gasteiger partial charge is 0.463 e. The summed E-state index contributed by atoms with van der Waals surface area (Å²) in [6.45, 7) is 9.56. The average molecular weight is 494 g/mol. The number of dihydropyridines is 1. The molecule has 0 radical (unpaired) electrons. The molecule has 3 N–H and O–H groups in total. The van der Waals surface area contributed by atoms with Gasteiger partial charge in [0.05, 0.1) is 30.3 Å². The Morgan fingerprint density at radius 2 is 1.40 bits per heavy atom. The highest BCUT2D eigenvalue weighted by molar-refractivity contribution is 7.80. The van der Waals surface area contributed by atoms with Gasteiger partial charge in [0.2, 0.25) is 0 Å². The number of rotatable bonds is 7. The number of benzene rings is 2. The molecular weight excluding hydrogens is 462 g/mol. The van der Waals surface area contributed by atoms with Crippen molar-refractivity contribution < 1.29 is 19.1 Å². The highest BCUT2D eigenvalue weighted by Gasteiger charge is 2.38. The fraction of sp³-hybridized carbons (Fsp3) is 0.296. The summed E-state index contributed by atoms with van der Waals surface area (Å²) in [6, 6.07) is 15.4. The summed E-state index contributed by atoms with van der Waals surface area (Å²) in [5.74, 6) is -1.62. The summed E-state index contributed by atoms with van der Waals surface area (Å²) in [5.41, 5.74) is 5.49. The van der Waals surface area contributed by atoms with Crippen molar-refractivity contribution in [3.8, 4) is 0 Å². The van der Waals surface area contributed by atoms with Crippen molar-refractivity contribution in [3.63, 3.8) is 0 Å². The second kappa shape index (κ2) is 11.7. The minimum atomic E-state index is -0.658. The van der Waals surface area contributed by atoms with Gasteiger partial charge < -0.3 is 25.4 Å². The van der Waals surface area contributed by atoms with Crippen molar-refractivity contribution >= 4 is 40.6 Å². The molecule has 0 amide bonds. The van der Waals surface area contributed by atoms with Crippen LogP contribution in [0.25, 0.3) is 0 Å². The molecule has 0 saturated heterocycles. The molecular formula is C27H31N3O4S. The minimum Gasteiger partial charge on any atom is -0.463 e. The van der Waals surface area contributed by atoms with Crippen molar-refractivity contribution in [2.75, 3.05) is 23.8 Å². The predicted octanol–water partition coefficient (Wildman–Crippen LogP) is 5.16. The number of hydrogen-bond acceptors (Lipinski definition) is 6. The quantitative estimate of drug-likeness (QED) is 0.360. The Labute approximate surface area is 211 Å². The molecule has 0 aromatic heterocycles. The van der Waals surface area contributed by atoms with Crippen LogP contribution in [-0.4, -0.2) is 30.3 Å². The lowest BCUT2D eigenvalue weighted by atomic mass is 9.80. The number of nitrogens with one attached hydrogen (secondary N) is 3. The van der Waals surface area contributed by atoms with Crippen molar-refractivity contribution in [1.29, 1.82) is 0 Å². The standard InChI is InChI=1S/C27H31N3O4S/c1-6-33-25(31)22-17(4)28-18(5)23(26(32)34-7-2)24(22)19-9-8-10-21(15-19)30-27(35)29-20-13-11-16(3)12-14-20/h8-15,24,28H,6-7H2,1-5H3,(H2,29,30,35). The molecule has 0 spiro atoms. The molecule has 1 aliphatic heterocycles. The summed E-state index contributed by atoms with van der Waals surface area (Å²) < 4.78 is 10.7. The highest BCUT2D eigenvalue weighted by atomic mass is 32.1. The molecule has 2 aromatic carbocycles. The molecule has 0 aliphatic carbocycles. The van der Waals surface area contributed by atoms with E-state index >= 15 is 0 Å². The van der Waals surface area contributed by atoms with E-state index in [0.29, 0.717) is 33.3 Å². The molecule has 1 heterocycles. The van der Waals surface area contributed by atoms with Crippen molar-refractivity contribution in [3.05, 3.63) is 82.2 Å². The summed E-state index contributed by atoms with van der Waals surface area (Å²) in [4.78, 5) is 25.9. The van der Waals surface area contributed by atoms with Gasteiger partial charge in [-0.05, 0) is 76.7 Å². The zero-order valence-electron chi connectivity index (χ0n) is 20.7. The molecule has 0 bridgehead atoms. The summed E-state index contributed by atoms with van der Waals surface area (Å²) in [5, 5.41) is 9.92. The normalized spacial score (nSPS) is 13.7. The van der Waals surface area contributed by atoms with Crippen LogP contribution >= 0.6 is 12.2 Å². The van der Waals surface area contributed by atoms with E-state index in [1.807, 2.05) is 55.5 Å². The Bertz CT molecular complexity index is 1150. The van der Waals surface area contributed by atoms with E-state index in [4.69, 9.17) is 21.7 Å². The van der Waals surface area contributed by atoms with Crippen LogP contribution in [0.4, 0.5) is 11.4 Å². The first kappa shape index (κ1) is 26.0. The van der Waals surface area contributed by atoms with Gasteiger partial charge in [-0.25, -0.2) is 9.59 Å². The number of carbonyl (C=O) groups is 2. The summed E-state index contributed by atoms with van der Waals surface area (Å²) in [7, 11) is 0. The van der Waals surface area contributed by atoms with Crippen LogP contribution in [0.2, 0.25) is 0 Å². The van der Waals surface area contributed by atoms with E-state index in [2.05, 4.69) is 16.0 Å². The number of anilines is 2. The maximum atomic E-state index is 13.0. The van der Waals surface area contributed by atoms with Gasteiger partial charge in [0, 0.05) is 22.8 Å². The molecule has 0 saturated carbocycles. The monoisotopic (exact) mass is 493 g/mol. The third-order valence-corrected chi connectivity index (χ3v) is 5.74. The van der Waals surface area contributed by atoms with Crippen LogP contribution in [-0.2, 0) is 19.1 Å². The van der Waals surface area contributed by atoms with Crippen LogP contribution in [0.15, 0.2) is 71.1 Å². The number of ether oxygens (including phenoxy) is 2. The third-order valence-electron chi connectivity index (χ3n) is 5.54. The van der Waals surface area contributed by atoms with E-state index in [9.17, 15) is 9.59 Å². The molecule has 35 heavy (non-hydrogen) atoms.